The molecule has 114 valence electrons. The number of nitrogens with zero attached hydrogens (tertiary/aromatic N) is 4. The molecule has 2 heterocycles. The summed E-state index contributed by atoms with van der Waals surface area (Å²) < 4.78 is 4.67. The molecular weight excluding hydrogens is 288 g/mol. The number of hydrogen-bond donors (Lipinski definition) is 0. The number of rotatable bonds is 0. The Balaban J connectivity index is 2.77. The lowest BCUT2D eigenvalue weighted by Gasteiger charge is -2.11. The summed E-state index contributed by atoms with van der Waals surface area (Å²) >= 11 is 0. The zero-order valence-electron chi connectivity index (χ0n) is 12.6. The maximum absolute atomic E-state index is 12.3. The molecule has 0 saturated heterocycles. The van der Waals surface area contributed by atoms with Gasteiger partial charge in [0.1, 0.15) is 0 Å². The molecule has 1 aromatic carbocycles. The van der Waals surface area contributed by atoms with E-state index in [4.69, 9.17) is 0 Å². The van der Waals surface area contributed by atoms with E-state index in [0.717, 1.165) is 0 Å². The second-order valence-corrected chi connectivity index (χ2v) is 5.26. The maximum Gasteiger partial charge on any atom is 0.273 e. The lowest BCUT2D eigenvalue weighted by molar-refractivity contribution is 0.541. The quantitative estimate of drug-likeness (QED) is 0.487. The summed E-state index contributed by atoms with van der Waals surface area (Å²) in [5.41, 5.74) is -1.60. The smallest absolute Gasteiger partial charge is 0.267 e. The lowest BCUT2D eigenvalue weighted by atomic mass is 10.1. The Morgan fingerprint density at radius 2 is 0.682 bits per heavy atom. The summed E-state index contributed by atoms with van der Waals surface area (Å²) in [7, 11) is 5.87. The van der Waals surface area contributed by atoms with Crippen molar-refractivity contribution < 1.29 is 0 Å². The van der Waals surface area contributed by atoms with Crippen LogP contribution in [0.15, 0.2) is 31.3 Å². The van der Waals surface area contributed by atoms with Crippen LogP contribution >= 0.6 is 0 Å². The SMILES string of the molecule is Cn1c(=O)c2cc3c(=O)n(C)n(C)c(=O)c3cc2c(=O)n1C. The Labute approximate surface area is 123 Å². The van der Waals surface area contributed by atoms with Crippen LogP contribution in [0.25, 0.3) is 21.5 Å². The van der Waals surface area contributed by atoms with Crippen LogP contribution in [0, 0.1) is 0 Å². The molecular formula is C14H14N4O4. The van der Waals surface area contributed by atoms with Crippen molar-refractivity contribution in [2.24, 2.45) is 28.2 Å². The zero-order chi connectivity index (χ0) is 16.3. The second kappa shape index (κ2) is 4.30. The summed E-state index contributed by atoms with van der Waals surface area (Å²) in [4.78, 5) is 49.2. The highest BCUT2D eigenvalue weighted by atomic mass is 16.2. The van der Waals surface area contributed by atoms with Crippen molar-refractivity contribution in [3.63, 3.8) is 0 Å². The molecule has 0 fully saturated rings. The zero-order valence-corrected chi connectivity index (χ0v) is 12.6. The highest BCUT2D eigenvalue weighted by Gasteiger charge is 2.14. The van der Waals surface area contributed by atoms with E-state index in [2.05, 4.69) is 0 Å². The molecule has 0 amide bonds. The van der Waals surface area contributed by atoms with Crippen LogP contribution in [0.1, 0.15) is 0 Å². The lowest BCUT2D eigenvalue weighted by Crippen LogP contribution is -2.37. The third-order valence-electron chi connectivity index (χ3n) is 4.15. The minimum atomic E-state index is -0.401. The van der Waals surface area contributed by atoms with Crippen LogP contribution in [-0.2, 0) is 28.2 Å². The van der Waals surface area contributed by atoms with Crippen LogP contribution in [0.3, 0.4) is 0 Å². The van der Waals surface area contributed by atoms with Gasteiger partial charge in [-0.3, -0.25) is 37.9 Å². The number of fused-ring (bicyclic) bond motifs is 2. The summed E-state index contributed by atoms with van der Waals surface area (Å²) in [5.74, 6) is 0. The van der Waals surface area contributed by atoms with Gasteiger partial charge in [-0.05, 0) is 12.1 Å². The maximum atomic E-state index is 12.3. The van der Waals surface area contributed by atoms with Crippen molar-refractivity contribution in [2.45, 2.75) is 0 Å². The van der Waals surface area contributed by atoms with Crippen LogP contribution in [0.2, 0.25) is 0 Å². The first-order valence-electron chi connectivity index (χ1n) is 6.55. The fourth-order valence-electron chi connectivity index (χ4n) is 2.55. The Morgan fingerprint density at radius 1 is 0.500 bits per heavy atom. The van der Waals surface area contributed by atoms with E-state index in [1.807, 2.05) is 0 Å². The standard InChI is InChI=1S/C14H14N4O4/c1-15-11(19)7-5-9-10(6-8(7)12(20)16(15)2)14(22)18(4)17(3)13(9)21/h5-6H,1-4H3. The fourth-order valence-corrected chi connectivity index (χ4v) is 2.55. The molecule has 0 aliphatic heterocycles. The van der Waals surface area contributed by atoms with Gasteiger partial charge in [-0.25, -0.2) is 0 Å². The molecule has 0 atom stereocenters. The van der Waals surface area contributed by atoms with E-state index in [1.165, 1.54) is 59.1 Å². The average Bonchev–Trinajstić information content (AvgIpc) is 2.52. The Morgan fingerprint density at radius 3 is 0.864 bits per heavy atom. The molecule has 3 rings (SSSR count). The van der Waals surface area contributed by atoms with Gasteiger partial charge in [-0.2, -0.15) is 0 Å². The molecule has 22 heavy (non-hydrogen) atoms. The van der Waals surface area contributed by atoms with Gasteiger partial charge in [-0.1, -0.05) is 0 Å². The summed E-state index contributed by atoms with van der Waals surface area (Å²) in [6.07, 6.45) is 0. The molecule has 0 aliphatic rings. The van der Waals surface area contributed by atoms with E-state index in [0.29, 0.717) is 0 Å². The van der Waals surface area contributed by atoms with Gasteiger partial charge < -0.3 is 0 Å². The first-order chi connectivity index (χ1) is 10.3. The van der Waals surface area contributed by atoms with Crippen LogP contribution in [0.5, 0.6) is 0 Å². The first kappa shape index (κ1) is 14.1. The molecule has 0 radical (unpaired) electrons. The monoisotopic (exact) mass is 302 g/mol. The van der Waals surface area contributed by atoms with Crippen LogP contribution in [0.4, 0.5) is 0 Å². The summed E-state index contributed by atoms with van der Waals surface area (Å²) in [5, 5.41) is 0.513. The van der Waals surface area contributed by atoms with Gasteiger partial charge in [0, 0.05) is 28.2 Å². The van der Waals surface area contributed by atoms with E-state index < -0.39 is 22.2 Å². The van der Waals surface area contributed by atoms with Gasteiger partial charge >= 0.3 is 0 Å². The van der Waals surface area contributed by atoms with Crippen molar-refractivity contribution >= 4 is 21.5 Å². The summed E-state index contributed by atoms with van der Waals surface area (Å²) in [6.45, 7) is 0. The number of hydrogen-bond acceptors (Lipinski definition) is 4. The number of aromatic nitrogens is 4. The molecule has 0 N–H and O–H groups in total. The molecule has 0 aliphatic carbocycles. The van der Waals surface area contributed by atoms with Gasteiger partial charge in [-0.15, -0.1) is 0 Å². The van der Waals surface area contributed by atoms with E-state index in [1.54, 1.807) is 0 Å². The fraction of sp³-hybridized carbons (Fsp3) is 0.286. The highest BCUT2D eigenvalue weighted by molar-refractivity contribution is 5.96. The van der Waals surface area contributed by atoms with E-state index in [-0.39, 0.29) is 21.5 Å². The average molecular weight is 302 g/mol. The van der Waals surface area contributed by atoms with Crippen molar-refractivity contribution in [3.05, 3.63) is 53.5 Å². The van der Waals surface area contributed by atoms with Gasteiger partial charge in [0.15, 0.2) is 0 Å². The molecule has 0 saturated carbocycles. The van der Waals surface area contributed by atoms with E-state index in [9.17, 15) is 19.2 Å². The molecule has 0 spiro atoms. The van der Waals surface area contributed by atoms with Crippen molar-refractivity contribution in [2.75, 3.05) is 0 Å². The van der Waals surface area contributed by atoms with Crippen molar-refractivity contribution in [3.8, 4) is 0 Å². The van der Waals surface area contributed by atoms with Gasteiger partial charge in [0.2, 0.25) is 0 Å². The molecule has 2 aromatic heterocycles. The number of benzene rings is 1. The molecule has 0 unspecified atom stereocenters. The Bertz CT molecular complexity index is 1010. The third kappa shape index (κ3) is 1.57. The van der Waals surface area contributed by atoms with Crippen LogP contribution < -0.4 is 22.2 Å². The van der Waals surface area contributed by atoms with Gasteiger partial charge in [0.05, 0.1) is 21.5 Å². The highest BCUT2D eigenvalue weighted by Crippen LogP contribution is 2.12. The summed E-state index contributed by atoms with van der Waals surface area (Å²) in [6, 6.07) is 2.66. The molecule has 8 nitrogen and oxygen atoms in total. The predicted octanol–water partition coefficient (Wildman–Crippen LogP) is -1.21. The normalized spacial score (nSPS) is 11.5. The molecule has 8 heteroatoms. The largest absolute Gasteiger partial charge is 0.273 e. The predicted molar refractivity (Wildman–Crippen MR) is 82.4 cm³/mol. The Kier molecular flexibility index (Phi) is 2.74. The minimum Gasteiger partial charge on any atom is -0.267 e. The van der Waals surface area contributed by atoms with Crippen molar-refractivity contribution in [1.29, 1.82) is 0 Å². The molecule has 3 aromatic rings. The minimum absolute atomic E-state index is 0.128. The van der Waals surface area contributed by atoms with Gasteiger partial charge in [0.25, 0.3) is 22.2 Å². The Hall–Kier alpha value is -2.90. The van der Waals surface area contributed by atoms with E-state index >= 15 is 0 Å². The third-order valence-corrected chi connectivity index (χ3v) is 4.15. The first-order valence-corrected chi connectivity index (χ1v) is 6.55. The molecule has 0 bridgehead atoms. The topological polar surface area (TPSA) is 88.0 Å². The van der Waals surface area contributed by atoms with Crippen LogP contribution in [-0.4, -0.2) is 18.7 Å². The second-order valence-electron chi connectivity index (χ2n) is 5.26. The van der Waals surface area contributed by atoms with Crippen molar-refractivity contribution in [1.82, 2.24) is 18.7 Å².